The van der Waals surface area contributed by atoms with Crippen molar-refractivity contribution in [1.82, 2.24) is 0 Å². The van der Waals surface area contributed by atoms with Crippen molar-refractivity contribution in [3.8, 4) is 0 Å². The number of carbonyl (C=O) groups is 5. The van der Waals surface area contributed by atoms with E-state index in [0.717, 1.165) is 0 Å². The van der Waals surface area contributed by atoms with E-state index in [2.05, 4.69) is 10.0 Å². The van der Waals surface area contributed by atoms with Gasteiger partial charge in [-0.3, -0.25) is 19.2 Å². The number of hydrogen-bond acceptors (Lipinski definition) is 14. The number of azide groups is 1. The highest BCUT2D eigenvalue weighted by Gasteiger charge is 2.93. The van der Waals surface area contributed by atoms with Gasteiger partial charge in [-0.25, -0.2) is 4.79 Å². The molecule has 54 heavy (non-hydrogen) atoms. The van der Waals surface area contributed by atoms with Gasteiger partial charge in [0.05, 0.1) is 17.6 Å². The van der Waals surface area contributed by atoms with E-state index in [9.17, 15) is 29.4 Å². The Labute approximate surface area is 312 Å². The number of fused-ring (bicyclic) bond motifs is 9. The van der Waals surface area contributed by atoms with Crippen molar-refractivity contribution in [2.45, 2.75) is 135 Å². The Hall–Kier alpha value is -3.30. The molecule has 0 radical (unpaired) electrons. The van der Waals surface area contributed by atoms with E-state index in [1.807, 2.05) is 27.7 Å². The third-order valence-electron chi connectivity index (χ3n) is 16.0. The first kappa shape index (κ1) is 37.6. The normalized spacial score (nSPS) is 54.1. The van der Waals surface area contributed by atoms with Gasteiger partial charge in [-0.15, -0.1) is 0 Å². The first-order valence-corrected chi connectivity index (χ1v) is 19.3. The van der Waals surface area contributed by atoms with Gasteiger partial charge in [-0.05, 0) is 62.3 Å². The number of aliphatic hydroxyl groups is 2. The lowest BCUT2D eigenvalue weighted by molar-refractivity contribution is -0.255. The molecule has 20 atom stereocenters. The summed E-state index contributed by atoms with van der Waals surface area (Å²) in [6.45, 7) is 13.6. The van der Waals surface area contributed by atoms with Crippen LogP contribution in [0.3, 0.4) is 0 Å². The molecule has 8 rings (SSSR count). The van der Waals surface area contributed by atoms with Gasteiger partial charge in [0.2, 0.25) is 5.79 Å². The maximum atomic E-state index is 15.1. The highest BCUT2D eigenvalue weighted by molar-refractivity contribution is 5.90. The highest BCUT2D eigenvalue weighted by Crippen LogP contribution is 2.81. The number of unbranched alkanes of at least 4 members (excludes halogenated alkanes) is 1. The lowest BCUT2D eigenvalue weighted by Crippen LogP contribution is -2.72. The largest absolute Gasteiger partial charge is 0.462 e. The predicted octanol–water partition coefficient (Wildman–Crippen LogP) is 2.79. The fraction of sp³-hybridized carbons (Fsp3) is 0.868. The van der Waals surface area contributed by atoms with Crippen LogP contribution in [0.2, 0.25) is 0 Å². The van der Waals surface area contributed by atoms with Crippen LogP contribution in [0.1, 0.15) is 81.1 Å². The van der Waals surface area contributed by atoms with E-state index in [1.54, 1.807) is 6.92 Å². The maximum absolute atomic E-state index is 15.1. The van der Waals surface area contributed by atoms with Gasteiger partial charge >= 0.3 is 23.9 Å². The number of esters is 4. The standard InChI is InChI=1S/C38H51N3O13/c1-14-22-21(29(52-20(44)11-9-10-12-40-41-39)26(45)18-13-19-28(51-19)32(34(18,22)5)50-17(4)43)24-27(46)25-23(35(24,6)30(14)49-16(3)42)15(2)31-38(53-31)36(25,7)37(8,48)33(47)54-38/h14-15,18-19,21-25,27-32,46,48H,9-13H2,1-8H3/t14-,15-,18+,19-,21+,22-,23-,24+,25-,27+,28-,29+,30-,31+,32-,34-,35+,36-,37+,38-/m0/s1. The molecule has 5 aliphatic carbocycles. The monoisotopic (exact) mass is 757 g/mol. The Morgan fingerprint density at radius 2 is 1.59 bits per heavy atom. The van der Waals surface area contributed by atoms with Crippen LogP contribution in [0.25, 0.3) is 10.4 Å². The van der Waals surface area contributed by atoms with Crippen molar-refractivity contribution in [3.05, 3.63) is 10.4 Å². The number of ether oxygens (including phenoxy) is 6. The topological polar surface area (TPSA) is 237 Å². The van der Waals surface area contributed by atoms with Crippen molar-refractivity contribution in [2.75, 3.05) is 6.54 Å². The zero-order valence-corrected chi connectivity index (χ0v) is 31.9. The molecule has 296 valence electrons. The minimum absolute atomic E-state index is 0.0474. The minimum atomic E-state index is -2.08. The molecule has 0 aromatic carbocycles. The fourth-order valence-electron chi connectivity index (χ4n) is 14.0. The molecule has 2 N–H and O–H groups in total. The smallest absolute Gasteiger partial charge is 0.341 e. The molecule has 3 saturated heterocycles. The molecule has 3 aliphatic heterocycles. The van der Waals surface area contributed by atoms with Gasteiger partial charge in [-0.2, -0.15) is 0 Å². The van der Waals surface area contributed by atoms with Crippen LogP contribution in [0, 0.1) is 63.6 Å². The summed E-state index contributed by atoms with van der Waals surface area (Å²) in [5.41, 5.74) is 2.88. The molecular formula is C38H51N3O13. The summed E-state index contributed by atoms with van der Waals surface area (Å²) in [5.74, 6) is -9.94. The molecule has 0 bridgehead atoms. The Morgan fingerprint density at radius 3 is 2.24 bits per heavy atom. The number of epoxide rings is 2. The SMILES string of the molecule is CC(=O)O[C@H]1[C@@H](C)[C@H]2[C@H]([C@@H]3[C@@H](O)[C@@H]4[C@H]([C@H](C)[C@H]5O[C@]56OC(=O)[C@@](C)(O)[C@]46C)[C@]31C)[C@@H](OC(=O)CCCCN=[N+]=[N-])C(=O)[C@H]1C[C@@H]3O[C@@H]3[C@H](OC(C)=O)[C@]21C. The zero-order valence-electron chi connectivity index (χ0n) is 31.9. The number of rotatable bonds is 8. The van der Waals surface area contributed by atoms with Crippen molar-refractivity contribution in [1.29, 1.82) is 0 Å². The van der Waals surface area contributed by atoms with Crippen molar-refractivity contribution in [2.24, 2.45) is 68.7 Å². The van der Waals surface area contributed by atoms with Gasteiger partial charge in [-0.1, -0.05) is 32.8 Å². The third kappa shape index (κ3) is 4.46. The van der Waals surface area contributed by atoms with E-state index in [1.165, 1.54) is 20.8 Å². The molecule has 16 heteroatoms. The van der Waals surface area contributed by atoms with Crippen LogP contribution in [-0.4, -0.2) is 101 Å². The molecule has 0 aromatic rings. The zero-order chi connectivity index (χ0) is 39.2. The van der Waals surface area contributed by atoms with Gasteiger partial charge in [0.1, 0.15) is 24.4 Å². The second-order valence-corrected chi connectivity index (χ2v) is 18.2. The number of nitrogens with zero attached hydrogens (tertiary/aromatic N) is 3. The summed E-state index contributed by atoms with van der Waals surface area (Å²) in [7, 11) is 0. The molecule has 16 nitrogen and oxygen atoms in total. The molecule has 0 amide bonds. The van der Waals surface area contributed by atoms with E-state index >= 15 is 4.79 Å². The van der Waals surface area contributed by atoms with Crippen molar-refractivity contribution < 1.29 is 62.6 Å². The lowest BCUT2D eigenvalue weighted by Gasteiger charge is -2.66. The summed E-state index contributed by atoms with van der Waals surface area (Å²) in [4.78, 5) is 70.9. The Bertz CT molecular complexity index is 1750. The minimum Gasteiger partial charge on any atom is -0.462 e. The van der Waals surface area contributed by atoms with E-state index in [4.69, 9.17) is 34.0 Å². The molecular weight excluding hydrogens is 706 g/mol. The first-order chi connectivity index (χ1) is 25.3. The second kappa shape index (κ2) is 11.9. The van der Waals surface area contributed by atoms with Crippen LogP contribution in [-0.2, 0) is 52.4 Å². The number of aliphatic hydroxyl groups excluding tert-OH is 1. The molecule has 8 aliphatic rings. The Balaban J connectivity index is 1.31. The fourth-order valence-corrected chi connectivity index (χ4v) is 14.0. The van der Waals surface area contributed by atoms with Crippen molar-refractivity contribution >= 4 is 29.7 Å². The average molecular weight is 758 g/mol. The number of hydrogen-bond donors (Lipinski definition) is 2. The van der Waals surface area contributed by atoms with Crippen LogP contribution < -0.4 is 0 Å². The summed E-state index contributed by atoms with van der Waals surface area (Å²) in [6.07, 6.45) is -4.81. The number of carbonyl (C=O) groups excluding carboxylic acids is 5. The molecule has 0 unspecified atom stereocenters. The van der Waals surface area contributed by atoms with E-state index in [-0.39, 0.29) is 30.8 Å². The van der Waals surface area contributed by atoms with Crippen LogP contribution in [0.5, 0.6) is 0 Å². The highest BCUT2D eigenvalue weighted by atomic mass is 16.8. The van der Waals surface area contributed by atoms with Gasteiger partial charge in [0.15, 0.2) is 17.5 Å². The third-order valence-corrected chi connectivity index (χ3v) is 16.0. The summed E-state index contributed by atoms with van der Waals surface area (Å²) < 4.78 is 36.8. The van der Waals surface area contributed by atoms with E-state index in [0.29, 0.717) is 19.3 Å². The van der Waals surface area contributed by atoms with Crippen molar-refractivity contribution in [3.63, 3.8) is 0 Å². The van der Waals surface area contributed by atoms with Crippen LogP contribution >= 0.6 is 0 Å². The Morgan fingerprint density at radius 1 is 0.926 bits per heavy atom. The molecule has 3 heterocycles. The quantitative estimate of drug-likeness (QED) is 0.0690. The Kier molecular flexibility index (Phi) is 8.26. The maximum Gasteiger partial charge on any atom is 0.341 e. The number of Topliss-reactive ketones (excluding diaryl/α,β-unsaturated/α-hetero) is 1. The molecule has 5 saturated carbocycles. The first-order valence-electron chi connectivity index (χ1n) is 19.3. The summed E-state index contributed by atoms with van der Waals surface area (Å²) >= 11 is 0. The molecule has 8 fully saturated rings. The second-order valence-electron chi connectivity index (χ2n) is 18.2. The molecule has 0 aromatic heterocycles. The molecule has 1 spiro atoms. The number of ketones is 1. The van der Waals surface area contributed by atoms with Gasteiger partial charge in [0, 0.05) is 66.2 Å². The van der Waals surface area contributed by atoms with E-state index < -0.39 is 130 Å². The van der Waals surface area contributed by atoms with Crippen LogP contribution in [0.4, 0.5) is 0 Å². The predicted molar refractivity (Wildman–Crippen MR) is 181 cm³/mol. The average Bonchev–Trinajstić information content (AvgIpc) is 3.99. The lowest BCUT2D eigenvalue weighted by atomic mass is 9.39. The van der Waals surface area contributed by atoms with Crippen LogP contribution in [0.15, 0.2) is 5.11 Å². The van der Waals surface area contributed by atoms with Gasteiger partial charge in [0.25, 0.3) is 0 Å². The summed E-state index contributed by atoms with van der Waals surface area (Å²) in [6, 6.07) is 0. The summed E-state index contributed by atoms with van der Waals surface area (Å²) in [5, 5.41) is 28.6. The van der Waals surface area contributed by atoms with Gasteiger partial charge < -0.3 is 38.6 Å².